The van der Waals surface area contributed by atoms with Gasteiger partial charge in [-0.25, -0.2) is 0 Å². The highest BCUT2D eigenvalue weighted by Gasteiger charge is 2.22. The molecule has 0 unspecified atom stereocenters. The van der Waals surface area contributed by atoms with Crippen molar-refractivity contribution < 1.29 is 23.1 Å². The summed E-state index contributed by atoms with van der Waals surface area (Å²) in [6.45, 7) is 6.19. The normalized spacial score (nSPS) is 11.5. The Morgan fingerprint density at radius 2 is 1.65 bits per heavy atom. The van der Waals surface area contributed by atoms with Crippen LogP contribution >= 0.6 is 7.60 Å². The van der Waals surface area contributed by atoms with Crippen molar-refractivity contribution in [1.82, 2.24) is 0 Å². The molecule has 0 amide bonds. The summed E-state index contributed by atoms with van der Waals surface area (Å²) < 4.78 is 27.1. The molecular weight excluding hydrogens is 243 g/mol. The van der Waals surface area contributed by atoms with Crippen molar-refractivity contribution in [3.05, 3.63) is 0 Å². The fourth-order valence-electron chi connectivity index (χ4n) is 1.36. The lowest BCUT2D eigenvalue weighted by atomic mass is 10.3. The standard InChI is InChI=1S/C11H23O5P/c1-4-15-17(13,16-5-2)10-8-6-7-9-14-11(3)12/h4-10H2,1-3H3. The quantitative estimate of drug-likeness (QED) is 0.345. The van der Waals surface area contributed by atoms with Crippen molar-refractivity contribution in [2.24, 2.45) is 0 Å². The maximum Gasteiger partial charge on any atom is 0.330 e. The smallest absolute Gasteiger partial charge is 0.330 e. The topological polar surface area (TPSA) is 61.8 Å². The van der Waals surface area contributed by atoms with Gasteiger partial charge in [-0.2, -0.15) is 0 Å². The zero-order valence-corrected chi connectivity index (χ0v) is 11.8. The highest BCUT2D eigenvalue weighted by Crippen LogP contribution is 2.48. The van der Waals surface area contributed by atoms with Gasteiger partial charge >= 0.3 is 13.6 Å². The monoisotopic (exact) mass is 266 g/mol. The minimum atomic E-state index is -2.89. The van der Waals surface area contributed by atoms with Gasteiger partial charge in [-0.3, -0.25) is 9.36 Å². The van der Waals surface area contributed by atoms with E-state index in [1.165, 1.54) is 6.92 Å². The van der Waals surface area contributed by atoms with Crippen LogP contribution in [0.15, 0.2) is 0 Å². The van der Waals surface area contributed by atoms with E-state index < -0.39 is 7.60 Å². The van der Waals surface area contributed by atoms with E-state index in [0.717, 1.165) is 19.3 Å². The predicted molar refractivity (Wildman–Crippen MR) is 66.2 cm³/mol. The van der Waals surface area contributed by atoms with Gasteiger partial charge in [0.25, 0.3) is 0 Å². The van der Waals surface area contributed by atoms with E-state index in [4.69, 9.17) is 13.8 Å². The van der Waals surface area contributed by atoms with Crippen LogP contribution in [0, 0.1) is 0 Å². The summed E-state index contributed by atoms with van der Waals surface area (Å²) in [6.07, 6.45) is 2.79. The van der Waals surface area contributed by atoms with Crippen LogP contribution in [-0.2, 0) is 23.1 Å². The Labute approximate surface area is 103 Å². The molecule has 0 aromatic carbocycles. The number of carbonyl (C=O) groups excluding carboxylic acids is 1. The maximum absolute atomic E-state index is 12.0. The number of rotatable bonds is 10. The highest BCUT2D eigenvalue weighted by atomic mass is 31.2. The minimum Gasteiger partial charge on any atom is -0.466 e. The first-order valence-electron chi connectivity index (χ1n) is 6.05. The number of carbonyl (C=O) groups is 1. The van der Waals surface area contributed by atoms with Crippen LogP contribution in [-0.4, -0.2) is 32.0 Å². The minimum absolute atomic E-state index is 0.265. The van der Waals surface area contributed by atoms with Crippen LogP contribution in [0.5, 0.6) is 0 Å². The molecule has 5 nitrogen and oxygen atoms in total. The summed E-state index contributed by atoms with van der Waals surface area (Å²) >= 11 is 0. The molecule has 0 bridgehead atoms. The van der Waals surface area contributed by atoms with E-state index >= 15 is 0 Å². The van der Waals surface area contributed by atoms with Crippen LogP contribution in [0.3, 0.4) is 0 Å². The summed E-state index contributed by atoms with van der Waals surface area (Å²) in [4.78, 5) is 10.5. The zero-order chi connectivity index (χ0) is 13.1. The Balaban J connectivity index is 3.68. The maximum atomic E-state index is 12.0. The molecular formula is C11H23O5P. The first-order valence-corrected chi connectivity index (χ1v) is 7.78. The zero-order valence-electron chi connectivity index (χ0n) is 10.9. The first-order chi connectivity index (χ1) is 8.04. The molecule has 0 N–H and O–H groups in total. The number of hydrogen-bond donors (Lipinski definition) is 0. The second-order valence-corrected chi connectivity index (χ2v) is 5.76. The molecule has 6 heteroatoms. The SMILES string of the molecule is CCOP(=O)(CCCCCOC(C)=O)OCC. The number of ether oxygens (including phenoxy) is 1. The molecule has 0 heterocycles. The summed E-state index contributed by atoms with van der Waals surface area (Å²) in [6, 6.07) is 0. The largest absolute Gasteiger partial charge is 0.466 e. The number of esters is 1. The van der Waals surface area contributed by atoms with E-state index in [-0.39, 0.29) is 5.97 Å². The van der Waals surface area contributed by atoms with E-state index in [2.05, 4.69) is 0 Å². The van der Waals surface area contributed by atoms with E-state index in [1.54, 1.807) is 13.8 Å². The third-order valence-electron chi connectivity index (χ3n) is 2.03. The Bertz CT molecular complexity index is 244. The van der Waals surface area contributed by atoms with Gasteiger partial charge in [0.15, 0.2) is 0 Å². The lowest BCUT2D eigenvalue weighted by Crippen LogP contribution is -2.02. The van der Waals surface area contributed by atoms with Gasteiger partial charge in [-0.05, 0) is 33.1 Å². The molecule has 0 aromatic rings. The van der Waals surface area contributed by atoms with E-state index in [1.807, 2.05) is 0 Å². The third-order valence-corrected chi connectivity index (χ3v) is 4.20. The molecule has 0 rings (SSSR count). The highest BCUT2D eigenvalue weighted by molar-refractivity contribution is 7.53. The Hall–Kier alpha value is -0.380. The molecule has 0 radical (unpaired) electrons. The predicted octanol–water partition coefficient (Wildman–Crippen LogP) is 2.99. The molecule has 0 atom stereocenters. The Morgan fingerprint density at radius 3 is 2.12 bits per heavy atom. The van der Waals surface area contributed by atoms with Crippen LogP contribution in [0.25, 0.3) is 0 Å². The average Bonchev–Trinajstić information content (AvgIpc) is 2.23. The molecule has 102 valence electrons. The summed E-state index contributed by atoms with van der Waals surface area (Å²) in [7, 11) is -2.89. The molecule has 0 saturated carbocycles. The molecule has 17 heavy (non-hydrogen) atoms. The third kappa shape index (κ3) is 9.33. The van der Waals surface area contributed by atoms with Gasteiger partial charge in [0.1, 0.15) is 0 Å². The van der Waals surface area contributed by atoms with Crippen molar-refractivity contribution >= 4 is 13.6 Å². The summed E-state index contributed by atoms with van der Waals surface area (Å²) in [5.41, 5.74) is 0. The molecule has 0 saturated heterocycles. The van der Waals surface area contributed by atoms with Gasteiger partial charge in [0.2, 0.25) is 0 Å². The van der Waals surface area contributed by atoms with Crippen LogP contribution in [0.1, 0.15) is 40.0 Å². The summed E-state index contributed by atoms with van der Waals surface area (Å²) in [5, 5.41) is 0. The van der Waals surface area contributed by atoms with Crippen molar-refractivity contribution in [2.75, 3.05) is 26.0 Å². The number of hydrogen-bond acceptors (Lipinski definition) is 5. The lowest BCUT2D eigenvalue weighted by Gasteiger charge is -2.16. The van der Waals surface area contributed by atoms with E-state index in [9.17, 15) is 9.36 Å². The Kier molecular flexibility index (Phi) is 9.41. The van der Waals surface area contributed by atoms with Crippen molar-refractivity contribution in [2.45, 2.75) is 40.0 Å². The molecule has 0 aliphatic rings. The number of unbranched alkanes of at least 4 members (excludes halogenated alkanes) is 2. The van der Waals surface area contributed by atoms with E-state index in [0.29, 0.717) is 26.0 Å². The fraction of sp³-hybridized carbons (Fsp3) is 0.909. The van der Waals surface area contributed by atoms with Crippen molar-refractivity contribution in [1.29, 1.82) is 0 Å². The lowest BCUT2D eigenvalue weighted by molar-refractivity contribution is -0.141. The van der Waals surface area contributed by atoms with Gasteiger partial charge in [0, 0.05) is 6.92 Å². The molecule has 0 aromatic heterocycles. The Morgan fingerprint density at radius 1 is 1.06 bits per heavy atom. The first kappa shape index (κ1) is 16.6. The molecule has 0 aliphatic heterocycles. The van der Waals surface area contributed by atoms with Crippen LogP contribution in [0.4, 0.5) is 0 Å². The van der Waals surface area contributed by atoms with Crippen LogP contribution < -0.4 is 0 Å². The second kappa shape index (κ2) is 9.63. The van der Waals surface area contributed by atoms with Gasteiger partial charge in [-0.1, -0.05) is 0 Å². The molecule has 0 fully saturated rings. The average molecular weight is 266 g/mol. The molecule has 0 aliphatic carbocycles. The summed E-state index contributed by atoms with van der Waals surface area (Å²) in [5.74, 6) is -0.265. The molecule has 0 spiro atoms. The van der Waals surface area contributed by atoms with Gasteiger partial charge in [0.05, 0.1) is 26.0 Å². The van der Waals surface area contributed by atoms with Gasteiger partial charge in [-0.15, -0.1) is 0 Å². The fourth-order valence-corrected chi connectivity index (χ4v) is 3.09. The van der Waals surface area contributed by atoms with Crippen LogP contribution in [0.2, 0.25) is 0 Å². The van der Waals surface area contributed by atoms with Gasteiger partial charge < -0.3 is 13.8 Å². The van der Waals surface area contributed by atoms with Crippen molar-refractivity contribution in [3.8, 4) is 0 Å². The van der Waals surface area contributed by atoms with Crippen molar-refractivity contribution in [3.63, 3.8) is 0 Å². The second-order valence-electron chi connectivity index (χ2n) is 3.57.